The molecule has 3 rings (SSSR count). The molecule has 1 unspecified atom stereocenters. The fourth-order valence-electron chi connectivity index (χ4n) is 3.24. The Balaban J connectivity index is 1.80. The van der Waals surface area contributed by atoms with Crippen molar-refractivity contribution in [2.24, 2.45) is 5.41 Å². The molecule has 0 aliphatic heterocycles. The number of nitrogens with one attached hydrogen (secondary N) is 1. The van der Waals surface area contributed by atoms with Crippen molar-refractivity contribution in [3.8, 4) is 10.4 Å². The number of benzene rings is 1. The molecule has 1 aromatic carbocycles. The van der Waals surface area contributed by atoms with Crippen LogP contribution >= 0.6 is 11.3 Å². The summed E-state index contributed by atoms with van der Waals surface area (Å²) in [7, 11) is 3.91. The first-order valence-electron chi connectivity index (χ1n) is 9.52. The molecule has 166 valence electrons. The second-order valence-corrected chi connectivity index (χ2v) is 9.22. The molecule has 0 bridgehead atoms. The predicted octanol–water partition coefficient (Wildman–Crippen LogP) is 4.98. The number of hydrogen-bond acceptors (Lipinski definition) is 7. The van der Waals surface area contributed by atoms with Gasteiger partial charge in [0.05, 0.1) is 4.88 Å². The van der Waals surface area contributed by atoms with E-state index in [0.717, 1.165) is 22.7 Å². The van der Waals surface area contributed by atoms with E-state index in [-0.39, 0.29) is 11.4 Å². The zero-order chi connectivity index (χ0) is 22.8. The third kappa shape index (κ3) is 5.78. The molecule has 0 aliphatic rings. The quantitative estimate of drug-likeness (QED) is 0.528. The molecule has 2 heterocycles. The first kappa shape index (κ1) is 23.1. The number of nitrogens with zero attached hydrogens (tertiary/aromatic N) is 4. The molecule has 31 heavy (non-hydrogen) atoms. The highest BCUT2D eigenvalue weighted by Crippen LogP contribution is 2.38. The van der Waals surface area contributed by atoms with Gasteiger partial charge in [-0.2, -0.15) is 13.2 Å². The molecule has 0 saturated carbocycles. The number of aromatic nitrogens is 3. The Kier molecular flexibility index (Phi) is 6.63. The molecular formula is C21H24F3N5OS. The topological polar surface area (TPSA) is 74.2 Å². The number of aliphatic hydroxyl groups is 1. The SMILES string of the molecule is CN(C)CC(C)(C)C(O)c1ncc(-c2cccc(Nc3nccc(C(F)(F)F)n3)c2)s1. The van der Waals surface area contributed by atoms with Gasteiger partial charge in [-0.05, 0) is 37.9 Å². The number of anilines is 2. The minimum Gasteiger partial charge on any atom is -0.385 e. The van der Waals surface area contributed by atoms with Crippen LogP contribution < -0.4 is 5.32 Å². The summed E-state index contributed by atoms with van der Waals surface area (Å²) in [4.78, 5) is 14.6. The fourth-order valence-corrected chi connectivity index (χ4v) is 4.35. The summed E-state index contributed by atoms with van der Waals surface area (Å²) < 4.78 is 38.6. The van der Waals surface area contributed by atoms with Gasteiger partial charge in [-0.25, -0.2) is 15.0 Å². The Morgan fingerprint density at radius 3 is 2.58 bits per heavy atom. The summed E-state index contributed by atoms with van der Waals surface area (Å²) in [5.74, 6) is -0.141. The van der Waals surface area contributed by atoms with Crippen LogP contribution in [0.15, 0.2) is 42.7 Å². The zero-order valence-electron chi connectivity index (χ0n) is 17.6. The van der Waals surface area contributed by atoms with E-state index in [4.69, 9.17) is 0 Å². The smallest absolute Gasteiger partial charge is 0.385 e. The van der Waals surface area contributed by atoms with E-state index in [1.165, 1.54) is 11.3 Å². The molecule has 0 radical (unpaired) electrons. The van der Waals surface area contributed by atoms with E-state index in [9.17, 15) is 18.3 Å². The van der Waals surface area contributed by atoms with Gasteiger partial charge in [0.15, 0.2) is 0 Å². The first-order chi connectivity index (χ1) is 14.5. The van der Waals surface area contributed by atoms with Crippen LogP contribution in [0.2, 0.25) is 0 Å². The van der Waals surface area contributed by atoms with Gasteiger partial charge in [0, 0.05) is 30.0 Å². The summed E-state index contributed by atoms with van der Waals surface area (Å²) in [5.41, 5.74) is -0.0377. The van der Waals surface area contributed by atoms with E-state index < -0.39 is 18.0 Å². The molecule has 6 nitrogen and oxygen atoms in total. The van der Waals surface area contributed by atoms with Crippen molar-refractivity contribution < 1.29 is 18.3 Å². The predicted molar refractivity (Wildman–Crippen MR) is 115 cm³/mol. The van der Waals surface area contributed by atoms with Gasteiger partial charge in [0.1, 0.15) is 16.8 Å². The van der Waals surface area contributed by atoms with Crippen LogP contribution in [0.5, 0.6) is 0 Å². The lowest BCUT2D eigenvalue weighted by atomic mass is 9.86. The number of thiazole rings is 1. The number of alkyl halides is 3. The van der Waals surface area contributed by atoms with Crippen molar-refractivity contribution in [2.45, 2.75) is 26.1 Å². The maximum absolute atomic E-state index is 12.9. The van der Waals surface area contributed by atoms with E-state index in [1.54, 1.807) is 24.4 Å². The number of hydrogen-bond donors (Lipinski definition) is 2. The van der Waals surface area contributed by atoms with Crippen molar-refractivity contribution in [3.63, 3.8) is 0 Å². The van der Waals surface area contributed by atoms with Gasteiger partial charge < -0.3 is 15.3 Å². The molecule has 2 N–H and O–H groups in total. The van der Waals surface area contributed by atoms with Gasteiger partial charge in [0.2, 0.25) is 5.95 Å². The summed E-state index contributed by atoms with van der Waals surface area (Å²) in [6.07, 6.45) is -2.52. The van der Waals surface area contributed by atoms with Gasteiger partial charge in [-0.1, -0.05) is 26.0 Å². The van der Waals surface area contributed by atoms with E-state index >= 15 is 0 Å². The van der Waals surface area contributed by atoms with Gasteiger partial charge in [-0.3, -0.25) is 0 Å². The van der Waals surface area contributed by atoms with Crippen LogP contribution in [0.4, 0.5) is 24.8 Å². The Bertz CT molecular complexity index is 1040. The van der Waals surface area contributed by atoms with Crippen LogP contribution in [0, 0.1) is 5.41 Å². The third-order valence-electron chi connectivity index (χ3n) is 4.57. The molecule has 0 aliphatic carbocycles. The maximum atomic E-state index is 12.9. The lowest BCUT2D eigenvalue weighted by Gasteiger charge is -2.32. The van der Waals surface area contributed by atoms with E-state index in [1.807, 2.05) is 38.9 Å². The molecule has 0 saturated heterocycles. The van der Waals surface area contributed by atoms with Gasteiger partial charge in [-0.15, -0.1) is 11.3 Å². The summed E-state index contributed by atoms with van der Waals surface area (Å²) in [6, 6.07) is 7.95. The second-order valence-electron chi connectivity index (χ2n) is 8.16. The molecule has 0 amide bonds. The highest BCUT2D eigenvalue weighted by atomic mass is 32.1. The highest BCUT2D eigenvalue weighted by Gasteiger charge is 2.33. The Hall–Kier alpha value is -2.56. The van der Waals surface area contributed by atoms with Crippen LogP contribution in [-0.4, -0.2) is 45.6 Å². The summed E-state index contributed by atoms with van der Waals surface area (Å²) in [5, 5.41) is 14.2. The monoisotopic (exact) mass is 451 g/mol. The highest BCUT2D eigenvalue weighted by molar-refractivity contribution is 7.15. The Morgan fingerprint density at radius 2 is 1.90 bits per heavy atom. The standard InChI is InChI=1S/C21H24F3N5OS/c1-20(2,12-29(3)4)17(30)18-26-11-15(31-18)13-6-5-7-14(10-13)27-19-25-9-8-16(28-19)21(22,23)24/h5-11,17,30H,12H2,1-4H3,(H,25,27,28). The summed E-state index contributed by atoms with van der Waals surface area (Å²) in [6.45, 7) is 4.66. The van der Waals surface area contributed by atoms with Gasteiger partial charge >= 0.3 is 6.18 Å². The van der Waals surface area contributed by atoms with Crippen molar-refractivity contribution >= 4 is 23.0 Å². The number of rotatable bonds is 7. The summed E-state index contributed by atoms with van der Waals surface area (Å²) >= 11 is 1.38. The average Bonchev–Trinajstić information content (AvgIpc) is 3.16. The maximum Gasteiger partial charge on any atom is 0.433 e. The molecule has 1 atom stereocenters. The second kappa shape index (κ2) is 8.89. The molecular weight excluding hydrogens is 427 g/mol. The fraction of sp³-hybridized carbons (Fsp3) is 0.381. The largest absolute Gasteiger partial charge is 0.433 e. The number of aliphatic hydroxyl groups excluding tert-OH is 1. The normalized spacial score (nSPS) is 13.5. The van der Waals surface area contributed by atoms with Crippen LogP contribution in [0.1, 0.15) is 30.7 Å². The van der Waals surface area contributed by atoms with Crippen LogP contribution in [0.3, 0.4) is 0 Å². The van der Waals surface area contributed by atoms with Crippen LogP contribution in [-0.2, 0) is 6.18 Å². The lowest BCUT2D eigenvalue weighted by molar-refractivity contribution is -0.141. The van der Waals surface area contributed by atoms with Crippen molar-refractivity contribution in [1.29, 1.82) is 0 Å². The van der Waals surface area contributed by atoms with Gasteiger partial charge in [0.25, 0.3) is 0 Å². The zero-order valence-corrected chi connectivity index (χ0v) is 18.4. The Labute approximate surface area is 182 Å². The molecule has 3 aromatic rings. The molecule has 0 spiro atoms. The van der Waals surface area contributed by atoms with Crippen molar-refractivity contribution in [1.82, 2.24) is 19.9 Å². The average molecular weight is 452 g/mol. The number of halogens is 3. The molecule has 0 fully saturated rings. The first-order valence-corrected chi connectivity index (χ1v) is 10.3. The minimum absolute atomic E-state index is 0.141. The van der Waals surface area contributed by atoms with Crippen LogP contribution in [0.25, 0.3) is 10.4 Å². The lowest BCUT2D eigenvalue weighted by Crippen LogP contribution is -2.33. The van der Waals surface area contributed by atoms with Crippen molar-refractivity contribution in [2.75, 3.05) is 26.0 Å². The van der Waals surface area contributed by atoms with E-state index in [2.05, 4.69) is 20.3 Å². The minimum atomic E-state index is -4.54. The Morgan fingerprint density at radius 1 is 1.16 bits per heavy atom. The molecule has 10 heteroatoms. The molecule has 2 aromatic heterocycles. The van der Waals surface area contributed by atoms with Crippen molar-refractivity contribution in [3.05, 3.63) is 53.4 Å². The third-order valence-corrected chi connectivity index (χ3v) is 5.67. The van der Waals surface area contributed by atoms with E-state index in [0.29, 0.717) is 17.2 Å².